The van der Waals surface area contributed by atoms with Crippen LogP contribution < -0.4 is 5.73 Å². The molecule has 0 spiro atoms. The van der Waals surface area contributed by atoms with E-state index < -0.39 is 5.41 Å². The van der Waals surface area contributed by atoms with E-state index in [1.165, 1.54) is 0 Å². The Balaban J connectivity index is 2.30. The van der Waals surface area contributed by atoms with Crippen LogP contribution in [0.3, 0.4) is 0 Å². The second-order valence-corrected chi connectivity index (χ2v) is 7.80. The summed E-state index contributed by atoms with van der Waals surface area (Å²) in [6.07, 6.45) is 2.04. The fraction of sp³-hybridized carbons (Fsp3) is 0.421. The molecule has 2 aliphatic rings. The first-order chi connectivity index (χ1) is 12.0. The molecule has 0 radical (unpaired) electrons. The van der Waals surface area contributed by atoms with E-state index in [9.17, 15) is 15.8 Å². The van der Waals surface area contributed by atoms with Crippen molar-refractivity contribution >= 4 is 11.3 Å². The van der Waals surface area contributed by atoms with Gasteiger partial charge < -0.3 is 5.73 Å². The van der Waals surface area contributed by atoms with Gasteiger partial charge >= 0.3 is 0 Å². The molecule has 1 aromatic heterocycles. The van der Waals surface area contributed by atoms with E-state index in [2.05, 4.69) is 30.0 Å². The smallest absolute Gasteiger partial charge is 0.192 e. The number of fused-ring (bicyclic) bond motifs is 1. The summed E-state index contributed by atoms with van der Waals surface area (Å²) in [7, 11) is 0. The summed E-state index contributed by atoms with van der Waals surface area (Å²) in [5.41, 5.74) is 6.05. The van der Waals surface area contributed by atoms with Crippen molar-refractivity contribution in [3.05, 3.63) is 44.8 Å². The maximum Gasteiger partial charge on any atom is 0.192 e. The maximum atomic E-state index is 9.95. The van der Waals surface area contributed by atoms with Crippen LogP contribution in [0.15, 0.2) is 35.1 Å². The second-order valence-electron chi connectivity index (χ2n) is 6.48. The van der Waals surface area contributed by atoms with Crippen molar-refractivity contribution < 1.29 is 0 Å². The minimum Gasteiger partial charge on any atom is -0.399 e. The third-order valence-electron chi connectivity index (χ3n) is 5.25. The summed E-state index contributed by atoms with van der Waals surface area (Å²) >= 11 is 1.59. The van der Waals surface area contributed by atoms with Gasteiger partial charge in [0, 0.05) is 34.7 Å². The standard InChI is InChI=1S/C19H19N5S/c1-3-24-7-6-13-14(8-20)18(23)19(10-21,11-22)17(15(13)9-24)16-5-4-12(2)25-16/h4-6,15,17H,3,7,9,23H2,1-2H3/t15-,17-/m0/s1. The van der Waals surface area contributed by atoms with Gasteiger partial charge in [0.25, 0.3) is 0 Å². The molecule has 3 rings (SSSR count). The molecule has 6 heteroatoms. The van der Waals surface area contributed by atoms with Crippen molar-refractivity contribution in [2.75, 3.05) is 19.6 Å². The quantitative estimate of drug-likeness (QED) is 0.885. The van der Waals surface area contributed by atoms with Crippen LogP contribution >= 0.6 is 11.3 Å². The Hall–Kier alpha value is -2.59. The van der Waals surface area contributed by atoms with Crippen LogP contribution in [0.1, 0.15) is 22.6 Å². The Bertz CT molecular complexity index is 872. The highest BCUT2D eigenvalue weighted by Crippen LogP contribution is 2.55. The molecule has 2 heterocycles. The predicted molar refractivity (Wildman–Crippen MR) is 96.0 cm³/mol. The van der Waals surface area contributed by atoms with E-state index in [-0.39, 0.29) is 17.5 Å². The molecule has 1 aromatic rings. The van der Waals surface area contributed by atoms with Gasteiger partial charge in [-0.05, 0) is 31.2 Å². The third-order valence-corrected chi connectivity index (χ3v) is 6.34. The van der Waals surface area contributed by atoms with Gasteiger partial charge in [0.15, 0.2) is 5.41 Å². The SMILES string of the molecule is CCN1CC=C2C(C#N)=C(N)C(C#N)(C#N)[C@H](c3ccc(C)s3)[C@H]2C1. The summed E-state index contributed by atoms with van der Waals surface area (Å²) in [5.74, 6) is -0.452. The number of likely N-dealkylation sites (N-methyl/N-ethyl adjacent to an activating group) is 1. The molecular formula is C19H19N5S. The van der Waals surface area contributed by atoms with E-state index >= 15 is 0 Å². The molecule has 2 N–H and O–H groups in total. The average molecular weight is 349 g/mol. The van der Waals surface area contributed by atoms with Crippen molar-refractivity contribution in [2.24, 2.45) is 17.1 Å². The lowest BCUT2D eigenvalue weighted by Crippen LogP contribution is -2.47. The molecule has 1 aliphatic heterocycles. The molecule has 126 valence electrons. The van der Waals surface area contributed by atoms with Crippen LogP contribution in [0.4, 0.5) is 0 Å². The van der Waals surface area contributed by atoms with Crippen LogP contribution in [-0.4, -0.2) is 24.5 Å². The average Bonchev–Trinajstić information content (AvgIpc) is 3.06. The van der Waals surface area contributed by atoms with Crippen LogP contribution in [0.25, 0.3) is 0 Å². The zero-order chi connectivity index (χ0) is 18.2. The number of nitrogens with two attached hydrogens (primary N) is 1. The van der Waals surface area contributed by atoms with Crippen LogP contribution in [0.2, 0.25) is 0 Å². The molecule has 0 saturated carbocycles. The second kappa shape index (κ2) is 6.37. The van der Waals surface area contributed by atoms with Gasteiger partial charge in [-0.15, -0.1) is 11.3 Å². The zero-order valence-electron chi connectivity index (χ0n) is 14.3. The first-order valence-electron chi connectivity index (χ1n) is 8.24. The lowest BCUT2D eigenvalue weighted by atomic mass is 9.59. The van der Waals surface area contributed by atoms with Crippen molar-refractivity contribution in [3.63, 3.8) is 0 Å². The fourth-order valence-corrected chi connectivity index (χ4v) is 5.04. The number of nitrogens with zero attached hydrogens (tertiary/aromatic N) is 4. The first-order valence-corrected chi connectivity index (χ1v) is 9.06. The van der Waals surface area contributed by atoms with E-state index in [0.29, 0.717) is 12.1 Å². The number of nitriles is 3. The van der Waals surface area contributed by atoms with Crippen molar-refractivity contribution in [2.45, 2.75) is 19.8 Å². The summed E-state index contributed by atoms with van der Waals surface area (Å²) < 4.78 is 0. The van der Waals surface area contributed by atoms with Gasteiger partial charge in [-0.1, -0.05) is 13.0 Å². The molecule has 0 amide bonds. The maximum absolute atomic E-state index is 9.95. The van der Waals surface area contributed by atoms with Crippen molar-refractivity contribution in [1.29, 1.82) is 15.8 Å². The van der Waals surface area contributed by atoms with Gasteiger partial charge in [0.05, 0.1) is 23.4 Å². The Morgan fingerprint density at radius 3 is 2.56 bits per heavy atom. The number of hydrogen-bond acceptors (Lipinski definition) is 6. The predicted octanol–water partition coefficient (Wildman–Crippen LogP) is 2.80. The van der Waals surface area contributed by atoms with Crippen molar-refractivity contribution in [1.82, 2.24) is 4.90 Å². The minimum atomic E-state index is -1.51. The van der Waals surface area contributed by atoms with E-state index in [4.69, 9.17) is 5.73 Å². The minimum absolute atomic E-state index is 0.0898. The number of hydrogen-bond donors (Lipinski definition) is 1. The Morgan fingerprint density at radius 1 is 1.32 bits per heavy atom. The molecule has 0 aromatic carbocycles. The number of thiophene rings is 1. The summed E-state index contributed by atoms with van der Waals surface area (Å²) in [5, 5.41) is 29.6. The normalized spacial score (nSPS) is 25.3. The largest absolute Gasteiger partial charge is 0.399 e. The van der Waals surface area contributed by atoms with E-state index in [0.717, 1.165) is 28.4 Å². The molecule has 2 atom stereocenters. The van der Waals surface area contributed by atoms with Gasteiger partial charge in [-0.2, -0.15) is 15.8 Å². The van der Waals surface area contributed by atoms with Gasteiger partial charge in [0.2, 0.25) is 0 Å². The van der Waals surface area contributed by atoms with Crippen LogP contribution in [-0.2, 0) is 0 Å². The summed E-state index contributed by atoms with van der Waals surface area (Å²) in [4.78, 5) is 4.37. The monoisotopic (exact) mass is 349 g/mol. The van der Waals surface area contributed by atoms with Gasteiger partial charge in [0.1, 0.15) is 6.07 Å². The Labute approximate surface area is 151 Å². The number of aryl methyl sites for hydroxylation is 1. The third kappa shape index (κ3) is 2.45. The molecular weight excluding hydrogens is 330 g/mol. The molecule has 0 bridgehead atoms. The van der Waals surface area contributed by atoms with Crippen LogP contribution in [0.5, 0.6) is 0 Å². The molecule has 0 saturated heterocycles. The highest BCUT2D eigenvalue weighted by molar-refractivity contribution is 7.12. The highest BCUT2D eigenvalue weighted by atomic mass is 32.1. The summed E-state index contributed by atoms with van der Waals surface area (Å²) in [6, 6.07) is 10.5. The number of rotatable bonds is 2. The van der Waals surface area contributed by atoms with Crippen LogP contribution in [0, 0.1) is 52.2 Å². The van der Waals surface area contributed by atoms with E-state index in [1.54, 1.807) is 11.3 Å². The van der Waals surface area contributed by atoms with Crippen molar-refractivity contribution in [3.8, 4) is 18.2 Å². The van der Waals surface area contributed by atoms with Gasteiger partial charge in [-0.25, -0.2) is 0 Å². The zero-order valence-corrected chi connectivity index (χ0v) is 15.1. The fourth-order valence-electron chi connectivity index (χ4n) is 3.92. The Morgan fingerprint density at radius 2 is 2.04 bits per heavy atom. The van der Waals surface area contributed by atoms with E-state index in [1.807, 2.05) is 25.1 Å². The number of allylic oxidation sites excluding steroid dienone is 2. The lowest BCUT2D eigenvalue weighted by molar-refractivity contribution is 0.216. The highest BCUT2D eigenvalue weighted by Gasteiger charge is 2.54. The van der Waals surface area contributed by atoms with Gasteiger partial charge in [-0.3, -0.25) is 4.90 Å². The first kappa shape index (κ1) is 17.2. The topological polar surface area (TPSA) is 101 Å². The molecule has 0 fully saturated rings. The lowest BCUT2D eigenvalue weighted by Gasteiger charge is -2.45. The molecule has 5 nitrogen and oxygen atoms in total. The molecule has 0 unspecified atom stereocenters. The Kier molecular flexibility index (Phi) is 4.39. The summed E-state index contributed by atoms with van der Waals surface area (Å²) in [6.45, 7) is 6.44. The molecule has 1 aliphatic carbocycles. The molecule has 25 heavy (non-hydrogen) atoms.